The molecule has 0 aliphatic carbocycles. The van der Waals surface area contributed by atoms with Crippen LogP contribution >= 0.6 is 0 Å². The first-order valence-corrected chi connectivity index (χ1v) is 6.02. The van der Waals surface area contributed by atoms with Gasteiger partial charge in [0.05, 0.1) is 4.92 Å². The number of aromatic carboxylic acids is 1. The average molecular weight is 265 g/mol. The summed E-state index contributed by atoms with van der Waals surface area (Å²) in [5, 5.41) is 19.8. The molecule has 0 aromatic carbocycles. The van der Waals surface area contributed by atoms with Gasteiger partial charge in [-0.15, -0.1) is 0 Å². The maximum absolute atomic E-state index is 11.2. The van der Waals surface area contributed by atoms with E-state index in [1.54, 1.807) is 0 Å². The number of pyridine rings is 1. The van der Waals surface area contributed by atoms with E-state index in [0.717, 1.165) is 12.3 Å². The molecule has 0 bridgehead atoms. The van der Waals surface area contributed by atoms with Crippen LogP contribution in [0.5, 0.6) is 0 Å². The highest BCUT2D eigenvalue weighted by Gasteiger charge is 2.30. The molecule has 2 rings (SSSR count). The molecule has 1 aromatic rings. The van der Waals surface area contributed by atoms with Crippen LogP contribution in [-0.2, 0) is 0 Å². The van der Waals surface area contributed by atoms with Crippen molar-refractivity contribution in [2.45, 2.75) is 13.8 Å². The SMILES string of the molecule is CC1CN(c2ncc([N+](=O)[O-])cc2C(=O)O)CC1C. The Labute approximate surface area is 110 Å². The molecule has 1 aliphatic heterocycles. The molecular formula is C12H15N3O4. The lowest BCUT2D eigenvalue weighted by atomic mass is 10.0. The molecule has 0 radical (unpaired) electrons. The van der Waals surface area contributed by atoms with E-state index in [4.69, 9.17) is 0 Å². The van der Waals surface area contributed by atoms with Crippen molar-refractivity contribution in [2.24, 2.45) is 11.8 Å². The van der Waals surface area contributed by atoms with Crippen LogP contribution in [0.2, 0.25) is 0 Å². The molecule has 1 aromatic heterocycles. The second-order valence-electron chi connectivity index (χ2n) is 4.99. The molecule has 2 heterocycles. The predicted molar refractivity (Wildman–Crippen MR) is 68.4 cm³/mol. The third-order valence-corrected chi connectivity index (χ3v) is 3.58. The van der Waals surface area contributed by atoms with E-state index >= 15 is 0 Å². The summed E-state index contributed by atoms with van der Waals surface area (Å²) in [5.74, 6) is 0.00461. The number of hydrogen-bond donors (Lipinski definition) is 1. The quantitative estimate of drug-likeness (QED) is 0.661. The van der Waals surface area contributed by atoms with E-state index in [9.17, 15) is 20.0 Å². The van der Waals surface area contributed by atoms with Gasteiger partial charge in [0.25, 0.3) is 5.69 Å². The number of rotatable bonds is 3. The molecule has 0 amide bonds. The average Bonchev–Trinajstić information content (AvgIpc) is 2.68. The van der Waals surface area contributed by atoms with Gasteiger partial charge in [0.1, 0.15) is 17.6 Å². The number of carbonyl (C=O) groups is 1. The fourth-order valence-corrected chi connectivity index (χ4v) is 2.26. The number of nitro groups is 1. The fourth-order valence-electron chi connectivity index (χ4n) is 2.26. The Morgan fingerprint density at radius 3 is 2.53 bits per heavy atom. The van der Waals surface area contributed by atoms with Crippen LogP contribution in [0.1, 0.15) is 24.2 Å². The highest BCUT2D eigenvalue weighted by Crippen LogP contribution is 2.30. The molecule has 7 heteroatoms. The largest absolute Gasteiger partial charge is 0.478 e. The first kappa shape index (κ1) is 13.3. The van der Waals surface area contributed by atoms with E-state index in [2.05, 4.69) is 18.8 Å². The molecule has 1 N–H and O–H groups in total. The molecule has 7 nitrogen and oxygen atoms in total. The highest BCUT2D eigenvalue weighted by atomic mass is 16.6. The third-order valence-electron chi connectivity index (χ3n) is 3.58. The summed E-state index contributed by atoms with van der Waals surface area (Å²) >= 11 is 0. The Bertz CT molecular complexity index is 522. The van der Waals surface area contributed by atoms with Gasteiger partial charge in [0.2, 0.25) is 0 Å². The van der Waals surface area contributed by atoms with Crippen molar-refractivity contribution >= 4 is 17.5 Å². The minimum absolute atomic E-state index is 0.115. The topological polar surface area (TPSA) is 96.6 Å². The Kier molecular flexibility index (Phi) is 3.37. The van der Waals surface area contributed by atoms with Crippen molar-refractivity contribution in [3.05, 3.63) is 27.9 Å². The van der Waals surface area contributed by atoms with Gasteiger partial charge in [0.15, 0.2) is 0 Å². The van der Waals surface area contributed by atoms with Crippen molar-refractivity contribution in [1.29, 1.82) is 0 Å². The number of carboxylic acid groups (broad SMARTS) is 1. The monoisotopic (exact) mass is 265 g/mol. The van der Waals surface area contributed by atoms with Crippen LogP contribution in [0.25, 0.3) is 0 Å². The summed E-state index contributed by atoms with van der Waals surface area (Å²) in [7, 11) is 0. The normalized spacial score (nSPS) is 22.5. The summed E-state index contributed by atoms with van der Waals surface area (Å²) in [6.45, 7) is 5.62. The van der Waals surface area contributed by atoms with Gasteiger partial charge >= 0.3 is 5.97 Å². The molecule has 1 aliphatic rings. The number of hydrogen-bond acceptors (Lipinski definition) is 5. The lowest BCUT2D eigenvalue weighted by molar-refractivity contribution is -0.385. The van der Waals surface area contributed by atoms with Crippen LogP contribution in [0.15, 0.2) is 12.3 Å². The Balaban J connectivity index is 2.40. The standard InChI is InChI=1S/C12H15N3O4/c1-7-5-14(6-8(7)2)11-10(12(16)17)3-9(4-13-11)15(18)19/h3-4,7-8H,5-6H2,1-2H3,(H,16,17). The van der Waals surface area contributed by atoms with E-state index < -0.39 is 10.9 Å². The molecule has 2 atom stereocenters. The third kappa shape index (κ3) is 2.49. The Morgan fingerprint density at radius 1 is 1.47 bits per heavy atom. The summed E-state index contributed by atoms with van der Waals surface area (Å²) in [6.07, 6.45) is 1.11. The summed E-state index contributed by atoms with van der Waals surface area (Å²) in [4.78, 5) is 27.1. The van der Waals surface area contributed by atoms with Gasteiger partial charge < -0.3 is 10.0 Å². The number of nitrogens with zero attached hydrogens (tertiary/aromatic N) is 3. The van der Waals surface area contributed by atoms with Crippen molar-refractivity contribution in [3.8, 4) is 0 Å². The summed E-state index contributed by atoms with van der Waals surface area (Å²) in [6, 6.07) is 1.07. The first-order valence-electron chi connectivity index (χ1n) is 6.02. The van der Waals surface area contributed by atoms with Gasteiger partial charge in [-0.1, -0.05) is 13.8 Å². The van der Waals surface area contributed by atoms with E-state index in [1.807, 2.05) is 4.90 Å². The Hall–Kier alpha value is -2.18. The second-order valence-corrected chi connectivity index (χ2v) is 4.99. The minimum Gasteiger partial charge on any atom is -0.478 e. The van der Waals surface area contributed by atoms with Crippen molar-refractivity contribution in [2.75, 3.05) is 18.0 Å². The predicted octanol–water partition coefficient (Wildman–Crippen LogP) is 1.78. The zero-order valence-electron chi connectivity index (χ0n) is 10.7. The van der Waals surface area contributed by atoms with Gasteiger partial charge in [0, 0.05) is 19.2 Å². The van der Waals surface area contributed by atoms with E-state index in [0.29, 0.717) is 30.7 Å². The molecular weight excluding hydrogens is 250 g/mol. The minimum atomic E-state index is -1.20. The lowest BCUT2D eigenvalue weighted by Gasteiger charge is -2.18. The van der Waals surface area contributed by atoms with Gasteiger partial charge in [-0.05, 0) is 11.8 Å². The van der Waals surface area contributed by atoms with Crippen LogP contribution in [0, 0.1) is 22.0 Å². The van der Waals surface area contributed by atoms with E-state index in [-0.39, 0.29) is 11.3 Å². The Morgan fingerprint density at radius 2 is 2.05 bits per heavy atom. The van der Waals surface area contributed by atoms with Crippen LogP contribution in [0.4, 0.5) is 11.5 Å². The van der Waals surface area contributed by atoms with Gasteiger partial charge in [-0.2, -0.15) is 0 Å². The molecule has 102 valence electrons. The van der Waals surface area contributed by atoms with Gasteiger partial charge in [-0.25, -0.2) is 9.78 Å². The second kappa shape index (κ2) is 4.83. The number of anilines is 1. The van der Waals surface area contributed by atoms with Gasteiger partial charge in [-0.3, -0.25) is 10.1 Å². The van der Waals surface area contributed by atoms with Crippen molar-refractivity contribution < 1.29 is 14.8 Å². The zero-order chi connectivity index (χ0) is 14.2. The van der Waals surface area contributed by atoms with E-state index in [1.165, 1.54) is 0 Å². The summed E-state index contributed by atoms with van der Waals surface area (Å²) < 4.78 is 0. The van der Waals surface area contributed by atoms with Crippen LogP contribution in [-0.4, -0.2) is 34.1 Å². The molecule has 2 unspecified atom stereocenters. The summed E-state index contributed by atoms with van der Waals surface area (Å²) in [5.41, 5.74) is -0.419. The van der Waals surface area contributed by atoms with Crippen LogP contribution < -0.4 is 4.90 Å². The van der Waals surface area contributed by atoms with Crippen molar-refractivity contribution in [1.82, 2.24) is 4.98 Å². The van der Waals surface area contributed by atoms with Crippen molar-refractivity contribution in [3.63, 3.8) is 0 Å². The number of aromatic nitrogens is 1. The molecule has 1 saturated heterocycles. The molecule has 19 heavy (non-hydrogen) atoms. The van der Waals surface area contributed by atoms with Crippen LogP contribution in [0.3, 0.4) is 0 Å². The molecule has 1 fully saturated rings. The smallest absolute Gasteiger partial charge is 0.339 e. The highest BCUT2D eigenvalue weighted by molar-refractivity contribution is 5.94. The fraction of sp³-hybridized carbons (Fsp3) is 0.500. The maximum atomic E-state index is 11.2. The lowest BCUT2D eigenvalue weighted by Crippen LogP contribution is -2.23. The molecule has 0 saturated carbocycles. The number of carboxylic acids is 1. The zero-order valence-corrected chi connectivity index (χ0v) is 10.7. The maximum Gasteiger partial charge on any atom is 0.339 e. The molecule has 0 spiro atoms. The first-order chi connectivity index (χ1) is 8.90.